The molecule has 0 bridgehead atoms. The van der Waals surface area contributed by atoms with Gasteiger partial charge in [0, 0.05) is 30.8 Å². The number of hydrogen-bond donors (Lipinski definition) is 1. The monoisotopic (exact) mass is 374 g/mol. The Kier molecular flexibility index (Phi) is 5.06. The third kappa shape index (κ3) is 3.74. The summed E-state index contributed by atoms with van der Waals surface area (Å²) < 4.78 is 0. The molecule has 0 aromatic heterocycles. The zero-order valence-electron chi connectivity index (χ0n) is 15.6. The maximum absolute atomic E-state index is 12.2. The molecule has 0 saturated carbocycles. The molecule has 0 atom stereocenters. The van der Waals surface area contributed by atoms with Crippen LogP contribution in [-0.4, -0.2) is 29.2 Å². The Morgan fingerprint density at radius 1 is 0.893 bits per heavy atom. The molecule has 4 rings (SSSR count). The van der Waals surface area contributed by atoms with Crippen LogP contribution < -0.4 is 5.32 Å². The Morgan fingerprint density at radius 2 is 1.64 bits per heavy atom. The third-order valence-electron chi connectivity index (χ3n) is 5.26. The quantitative estimate of drug-likeness (QED) is 0.507. The first-order chi connectivity index (χ1) is 13.6. The topological polar surface area (TPSA) is 66.5 Å². The van der Waals surface area contributed by atoms with Crippen LogP contribution in [0, 0.1) is 0 Å². The average molecular weight is 374 g/mol. The number of nitrogens with zero attached hydrogens (tertiary/aromatic N) is 1. The summed E-state index contributed by atoms with van der Waals surface area (Å²) in [6.45, 7) is 0.414. The number of nitrogens with one attached hydrogen (secondary N) is 1. The van der Waals surface area contributed by atoms with Gasteiger partial charge in [-0.3, -0.25) is 19.3 Å². The van der Waals surface area contributed by atoms with Crippen molar-refractivity contribution < 1.29 is 14.4 Å². The van der Waals surface area contributed by atoms with E-state index in [1.165, 1.54) is 39.3 Å². The van der Waals surface area contributed by atoms with Gasteiger partial charge in [-0.15, -0.1) is 0 Å². The normalized spacial score (nSPS) is 14.4. The lowest BCUT2D eigenvalue weighted by Gasteiger charge is -2.13. The van der Waals surface area contributed by atoms with Crippen LogP contribution in [0.15, 0.2) is 54.6 Å². The first-order valence-corrected chi connectivity index (χ1v) is 9.66. The van der Waals surface area contributed by atoms with E-state index in [1.54, 1.807) is 0 Å². The summed E-state index contributed by atoms with van der Waals surface area (Å²) in [6.07, 6.45) is 6.16. The fourth-order valence-corrected chi connectivity index (χ4v) is 3.83. The number of rotatable bonds is 7. The van der Waals surface area contributed by atoms with Gasteiger partial charge in [-0.05, 0) is 53.6 Å². The van der Waals surface area contributed by atoms with E-state index >= 15 is 0 Å². The van der Waals surface area contributed by atoms with Gasteiger partial charge in [-0.25, -0.2) is 0 Å². The lowest BCUT2D eigenvalue weighted by Crippen LogP contribution is -2.30. The molecule has 0 spiro atoms. The zero-order chi connectivity index (χ0) is 19.5. The highest BCUT2D eigenvalue weighted by molar-refractivity contribution is 6.12. The summed E-state index contributed by atoms with van der Waals surface area (Å²) in [5.74, 6) is -0.506. The number of carbonyl (C=O) groups is 3. The van der Waals surface area contributed by atoms with Crippen LogP contribution in [-0.2, 0) is 20.8 Å². The largest absolute Gasteiger partial charge is 0.326 e. The molecule has 1 aliphatic carbocycles. The van der Waals surface area contributed by atoms with Crippen molar-refractivity contribution in [3.63, 3.8) is 0 Å². The molecule has 2 aromatic rings. The molecule has 5 nitrogen and oxygen atoms in total. The second-order valence-corrected chi connectivity index (χ2v) is 7.23. The number of fused-ring (bicyclic) bond motifs is 3. The van der Waals surface area contributed by atoms with E-state index < -0.39 is 0 Å². The molecule has 1 heterocycles. The summed E-state index contributed by atoms with van der Waals surface area (Å²) in [7, 11) is 0. The van der Waals surface area contributed by atoms with Crippen molar-refractivity contribution >= 4 is 23.4 Å². The number of unbranched alkanes of at least 4 members (excludes halogenated alkanes) is 2. The smallest absolute Gasteiger partial charge is 0.253 e. The Balaban J connectivity index is 1.22. The number of amides is 3. The maximum atomic E-state index is 12.2. The number of hydrogen-bond acceptors (Lipinski definition) is 3. The lowest BCUT2D eigenvalue weighted by molar-refractivity contribution is -0.136. The second kappa shape index (κ2) is 7.80. The fourth-order valence-electron chi connectivity index (χ4n) is 3.83. The molecule has 142 valence electrons. The predicted molar refractivity (Wildman–Crippen MR) is 108 cm³/mol. The van der Waals surface area contributed by atoms with Gasteiger partial charge < -0.3 is 5.32 Å². The Labute approximate surface area is 164 Å². The van der Waals surface area contributed by atoms with Crippen molar-refractivity contribution in [1.82, 2.24) is 4.90 Å². The highest BCUT2D eigenvalue weighted by atomic mass is 16.2. The summed E-state index contributed by atoms with van der Waals surface area (Å²) in [5.41, 5.74) is 5.92. The molecular formula is C23H22N2O3. The minimum absolute atomic E-state index is 0.00884. The van der Waals surface area contributed by atoms with Crippen molar-refractivity contribution in [2.45, 2.75) is 32.1 Å². The molecule has 5 heteroatoms. The van der Waals surface area contributed by atoms with E-state index in [0.717, 1.165) is 24.9 Å². The molecule has 0 unspecified atom stereocenters. The molecule has 1 N–H and O–H groups in total. The summed E-state index contributed by atoms with van der Waals surface area (Å²) in [5, 5.41) is 2.98. The molecular weight excluding hydrogens is 352 g/mol. The van der Waals surface area contributed by atoms with Gasteiger partial charge in [0.2, 0.25) is 5.91 Å². The second-order valence-electron chi connectivity index (χ2n) is 7.23. The number of imide groups is 1. The fraction of sp³-hybridized carbons (Fsp3) is 0.261. The van der Waals surface area contributed by atoms with Crippen LogP contribution in [0.25, 0.3) is 11.1 Å². The van der Waals surface area contributed by atoms with Crippen molar-refractivity contribution in [2.24, 2.45) is 0 Å². The Bertz CT molecular complexity index is 960. The van der Waals surface area contributed by atoms with E-state index in [2.05, 4.69) is 41.7 Å². The predicted octanol–water partition coefficient (Wildman–Crippen LogP) is 3.68. The Morgan fingerprint density at radius 3 is 2.46 bits per heavy atom. The van der Waals surface area contributed by atoms with Crippen LogP contribution in [0.2, 0.25) is 0 Å². The van der Waals surface area contributed by atoms with Crippen molar-refractivity contribution in [3.8, 4) is 11.1 Å². The molecule has 1 aliphatic heterocycles. The minimum Gasteiger partial charge on any atom is -0.326 e. The summed E-state index contributed by atoms with van der Waals surface area (Å²) in [4.78, 5) is 36.4. The number of carbonyl (C=O) groups excluding carboxylic acids is 3. The highest BCUT2D eigenvalue weighted by Gasteiger charge is 2.22. The van der Waals surface area contributed by atoms with Gasteiger partial charge in [-0.2, -0.15) is 0 Å². The molecule has 0 radical (unpaired) electrons. The highest BCUT2D eigenvalue weighted by Crippen LogP contribution is 2.37. The van der Waals surface area contributed by atoms with E-state index in [1.807, 2.05) is 6.07 Å². The summed E-state index contributed by atoms with van der Waals surface area (Å²) in [6, 6.07) is 14.5. The standard InChI is InChI=1S/C23H22N2O3/c26-21(8-2-1-5-13-25-22(27)11-12-23(25)28)24-18-9-10-20-17(15-18)14-16-6-3-4-7-19(16)20/h3-4,6-7,9-12,15H,1-2,5,8,13-14H2,(H,24,26). The van der Waals surface area contributed by atoms with Crippen molar-refractivity contribution in [2.75, 3.05) is 11.9 Å². The molecule has 0 saturated heterocycles. The molecule has 0 fully saturated rings. The van der Waals surface area contributed by atoms with Gasteiger partial charge in [0.15, 0.2) is 0 Å². The molecule has 28 heavy (non-hydrogen) atoms. The molecule has 2 aromatic carbocycles. The lowest BCUT2D eigenvalue weighted by atomic mass is 10.1. The van der Waals surface area contributed by atoms with Crippen LogP contribution in [0.1, 0.15) is 36.8 Å². The van der Waals surface area contributed by atoms with E-state index in [9.17, 15) is 14.4 Å². The van der Waals surface area contributed by atoms with Gasteiger partial charge in [0.05, 0.1) is 0 Å². The zero-order valence-corrected chi connectivity index (χ0v) is 15.6. The van der Waals surface area contributed by atoms with Crippen LogP contribution in [0.3, 0.4) is 0 Å². The minimum atomic E-state index is -0.249. The van der Waals surface area contributed by atoms with E-state index in [0.29, 0.717) is 19.4 Å². The number of anilines is 1. The Hall–Kier alpha value is -3.21. The van der Waals surface area contributed by atoms with Gasteiger partial charge in [-0.1, -0.05) is 36.8 Å². The van der Waals surface area contributed by atoms with Crippen LogP contribution in [0.4, 0.5) is 5.69 Å². The number of benzene rings is 2. The average Bonchev–Trinajstić information content (AvgIpc) is 3.21. The van der Waals surface area contributed by atoms with E-state index in [-0.39, 0.29) is 17.7 Å². The molecule has 2 aliphatic rings. The SMILES string of the molecule is O=C(CCCCCN1C(=O)C=CC1=O)Nc1ccc2c(c1)Cc1ccccc1-2. The van der Waals surface area contributed by atoms with Crippen LogP contribution in [0.5, 0.6) is 0 Å². The maximum Gasteiger partial charge on any atom is 0.253 e. The summed E-state index contributed by atoms with van der Waals surface area (Å²) >= 11 is 0. The molecule has 3 amide bonds. The van der Waals surface area contributed by atoms with Gasteiger partial charge >= 0.3 is 0 Å². The third-order valence-corrected chi connectivity index (χ3v) is 5.26. The first-order valence-electron chi connectivity index (χ1n) is 9.66. The van der Waals surface area contributed by atoms with Crippen molar-refractivity contribution in [3.05, 3.63) is 65.7 Å². The van der Waals surface area contributed by atoms with Gasteiger partial charge in [0.25, 0.3) is 11.8 Å². The first kappa shape index (κ1) is 18.2. The van der Waals surface area contributed by atoms with Gasteiger partial charge in [0.1, 0.15) is 0 Å². The van der Waals surface area contributed by atoms with E-state index in [4.69, 9.17) is 0 Å². The van der Waals surface area contributed by atoms with Crippen LogP contribution >= 0.6 is 0 Å². The van der Waals surface area contributed by atoms with Crippen molar-refractivity contribution in [1.29, 1.82) is 0 Å².